The molecular weight excluding hydrogens is 223 g/mol. The molecule has 0 heterocycles. The zero-order valence-corrected chi connectivity index (χ0v) is 8.47. The fraction of sp³-hybridized carbons (Fsp3) is 0.300. The van der Waals surface area contributed by atoms with Crippen LogP contribution in [0.1, 0.15) is 11.1 Å². The zero-order chi connectivity index (χ0) is 12.2. The van der Waals surface area contributed by atoms with E-state index < -0.39 is 24.4 Å². The number of nitrogens with one attached hydrogen (secondary N) is 1. The van der Waals surface area contributed by atoms with Gasteiger partial charge in [-0.15, -0.1) is 0 Å². The Morgan fingerprint density at radius 2 is 2.00 bits per heavy atom. The van der Waals surface area contributed by atoms with E-state index >= 15 is 0 Å². The first-order chi connectivity index (χ1) is 7.45. The van der Waals surface area contributed by atoms with Crippen LogP contribution in [-0.2, 0) is 17.5 Å². The SMILES string of the molecule is CNC(=O)OCc1ccccc1C(F)(F)F. The van der Waals surface area contributed by atoms with Crippen molar-refractivity contribution in [1.29, 1.82) is 0 Å². The number of benzene rings is 1. The number of hydrogen-bond acceptors (Lipinski definition) is 2. The molecule has 88 valence electrons. The van der Waals surface area contributed by atoms with Crippen molar-refractivity contribution < 1.29 is 22.7 Å². The summed E-state index contributed by atoms with van der Waals surface area (Å²) in [5.74, 6) is 0. The number of halogens is 3. The number of hydrogen-bond donors (Lipinski definition) is 1. The molecule has 0 spiro atoms. The average molecular weight is 233 g/mol. The minimum absolute atomic E-state index is 0.0707. The first-order valence-corrected chi connectivity index (χ1v) is 4.44. The highest BCUT2D eigenvalue weighted by molar-refractivity contribution is 5.66. The lowest BCUT2D eigenvalue weighted by molar-refractivity contribution is -0.138. The van der Waals surface area contributed by atoms with Gasteiger partial charge in [0.15, 0.2) is 0 Å². The maximum atomic E-state index is 12.5. The van der Waals surface area contributed by atoms with Gasteiger partial charge < -0.3 is 10.1 Å². The third-order valence-electron chi connectivity index (χ3n) is 1.89. The quantitative estimate of drug-likeness (QED) is 0.852. The molecule has 0 aromatic heterocycles. The third kappa shape index (κ3) is 3.15. The monoisotopic (exact) mass is 233 g/mol. The summed E-state index contributed by atoms with van der Waals surface area (Å²) in [5.41, 5.74) is -0.863. The van der Waals surface area contributed by atoms with Crippen molar-refractivity contribution in [2.45, 2.75) is 12.8 Å². The Labute approximate surface area is 90.2 Å². The smallest absolute Gasteiger partial charge is 0.416 e. The van der Waals surface area contributed by atoms with E-state index in [1.165, 1.54) is 25.2 Å². The van der Waals surface area contributed by atoms with Gasteiger partial charge in [0.05, 0.1) is 5.56 Å². The summed E-state index contributed by atoms with van der Waals surface area (Å²) in [6, 6.07) is 4.96. The van der Waals surface area contributed by atoms with Crippen molar-refractivity contribution in [2.24, 2.45) is 0 Å². The van der Waals surface area contributed by atoms with Crippen molar-refractivity contribution in [1.82, 2.24) is 5.32 Å². The number of rotatable bonds is 2. The molecule has 0 saturated carbocycles. The molecule has 0 aliphatic carbocycles. The van der Waals surface area contributed by atoms with Gasteiger partial charge in [0.2, 0.25) is 0 Å². The highest BCUT2D eigenvalue weighted by Crippen LogP contribution is 2.32. The topological polar surface area (TPSA) is 38.3 Å². The maximum Gasteiger partial charge on any atom is 0.416 e. The predicted octanol–water partition coefficient (Wildman–Crippen LogP) is 2.56. The Bertz CT molecular complexity index is 377. The summed E-state index contributed by atoms with van der Waals surface area (Å²) in [6.07, 6.45) is -5.21. The normalized spacial score (nSPS) is 11.0. The number of carbonyl (C=O) groups excluding carboxylic acids is 1. The molecule has 0 bridgehead atoms. The number of alkyl carbamates (subject to hydrolysis) is 1. The minimum atomic E-state index is -4.44. The Kier molecular flexibility index (Phi) is 3.76. The van der Waals surface area contributed by atoms with Gasteiger partial charge >= 0.3 is 12.3 Å². The molecule has 16 heavy (non-hydrogen) atoms. The molecule has 0 aliphatic heterocycles. The van der Waals surface area contributed by atoms with E-state index in [-0.39, 0.29) is 5.56 Å². The summed E-state index contributed by atoms with van der Waals surface area (Å²) >= 11 is 0. The van der Waals surface area contributed by atoms with Crippen molar-refractivity contribution in [3.05, 3.63) is 35.4 Å². The average Bonchev–Trinajstić information content (AvgIpc) is 2.25. The summed E-state index contributed by atoms with van der Waals surface area (Å²) < 4.78 is 42.1. The van der Waals surface area contributed by atoms with Crippen LogP contribution in [0.5, 0.6) is 0 Å². The molecular formula is C10H10F3NO2. The van der Waals surface area contributed by atoms with Crippen LogP contribution in [-0.4, -0.2) is 13.1 Å². The Morgan fingerprint density at radius 1 is 1.38 bits per heavy atom. The molecule has 0 saturated heterocycles. The van der Waals surface area contributed by atoms with Gasteiger partial charge in [-0.1, -0.05) is 18.2 Å². The maximum absolute atomic E-state index is 12.5. The Morgan fingerprint density at radius 3 is 2.56 bits per heavy atom. The van der Waals surface area contributed by atoms with Crippen LogP contribution in [0, 0.1) is 0 Å². The first-order valence-electron chi connectivity index (χ1n) is 4.44. The fourth-order valence-corrected chi connectivity index (χ4v) is 1.14. The Balaban J connectivity index is 2.84. The lowest BCUT2D eigenvalue weighted by Gasteiger charge is -2.12. The van der Waals surface area contributed by atoms with Gasteiger partial charge in [0.1, 0.15) is 6.61 Å². The highest BCUT2D eigenvalue weighted by Gasteiger charge is 2.33. The van der Waals surface area contributed by atoms with Crippen LogP contribution in [0.15, 0.2) is 24.3 Å². The number of amides is 1. The largest absolute Gasteiger partial charge is 0.445 e. The van der Waals surface area contributed by atoms with Crippen LogP contribution in [0.25, 0.3) is 0 Å². The van der Waals surface area contributed by atoms with Crippen LogP contribution in [0.2, 0.25) is 0 Å². The molecule has 0 unspecified atom stereocenters. The number of alkyl halides is 3. The molecule has 1 rings (SSSR count). The van der Waals surface area contributed by atoms with E-state index in [1.807, 2.05) is 0 Å². The third-order valence-corrected chi connectivity index (χ3v) is 1.89. The van der Waals surface area contributed by atoms with Crippen LogP contribution in [0.3, 0.4) is 0 Å². The van der Waals surface area contributed by atoms with Crippen LogP contribution in [0.4, 0.5) is 18.0 Å². The van der Waals surface area contributed by atoms with Gasteiger partial charge in [0, 0.05) is 12.6 Å². The summed E-state index contributed by atoms with van der Waals surface area (Å²) in [7, 11) is 1.33. The summed E-state index contributed by atoms with van der Waals surface area (Å²) in [5, 5.41) is 2.15. The second kappa shape index (κ2) is 4.87. The Hall–Kier alpha value is -1.72. The summed E-state index contributed by atoms with van der Waals surface area (Å²) in [6.45, 7) is -0.407. The van der Waals surface area contributed by atoms with E-state index in [4.69, 9.17) is 0 Å². The molecule has 0 fully saturated rings. The second-order valence-electron chi connectivity index (χ2n) is 2.98. The number of ether oxygens (including phenoxy) is 1. The lowest BCUT2D eigenvalue weighted by Crippen LogP contribution is -2.20. The molecule has 0 atom stereocenters. The lowest BCUT2D eigenvalue weighted by atomic mass is 10.1. The van der Waals surface area contributed by atoms with E-state index in [0.29, 0.717) is 0 Å². The molecule has 1 N–H and O–H groups in total. The molecule has 0 radical (unpaired) electrons. The van der Waals surface area contributed by atoms with Gasteiger partial charge in [-0.05, 0) is 6.07 Å². The van der Waals surface area contributed by atoms with E-state index in [0.717, 1.165) is 6.07 Å². The van der Waals surface area contributed by atoms with Crippen molar-refractivity contribution in [2.75, 3.05) is 7.05 Å². The standard InChI is InChI=1S/C10H10F3NO2/c1-14-9(15)16-6-7-4-2-3-5-8(7)10(11,12)13/h2-5H,6H2,1H3,(H,14,15). The van der Waals surface area contributed by atoms with Gasteiger partial charge in [0.25, 0.3) is 0 Å². The van der Waals surface area contributed by atoms with E-state index in [9.17, 15) is 18.0 Å². The molecule has 6 heteroatoms. The minimum Gasteiger partial charge on any atom is -0.445 e. The fourth-order valence-electron chi connectivity index (χ4n) is 1.14. The van der Waals surface area contributed by atoms with Gasteiger partial charge in [-0.2, -0.15) is 13.2 Å². The van der Waals surface area contributed by atoms with Gasteiger partial charge in [-0.25, -0.2) is 4.79 Å². The second-order valence-corrected chi connectivity index (χ2v) is 2.98. The van der Waals surface area contributed by atoms with Crippen LogP contribution >= 0.6 is 0 Å². The molecule has 3 nitrogen and oxygen atoms in total. The molecule has 1 aromatic carbocycles. The first kappa shape index (κ1) is 12.4. The predicted molar refractivity (Wildman–Crippen MR) is 50.7 cm³/mol. The van der Waals surface area contributed by atoms with E-state index in [1.54, 1.807) is 0 Å². The molecule has 0 aliphatic rings. The molecule has 1 aromatic rings. The number of carbonyl (C=O) groups is 1. The van der Waals surface area contributed by atoms with Crippen molar-refractivity contribution in [3.8, 4) is 0 Å². The zero-order valence-electron chi connectivity index (χ0n) is 8.47. The molecule has 1 amide bonds. The summed E-state index contributed by atoms with van der Waals surface area (Å²) in [4.78, 5) is 10.7. The van der Waals surface area contributed by atoms with Crippen molar-refractivity contribution >= 4 is 6.09 Å². The van der Waals surface area contributed by atoms with Gasteiger partial charge in [-0.3, -0.25) is 0 Å². The highest BCUT2D eigenvalue weighted by atomic mass is 19.4. The van der Waals surface area contributed by atoms with E-state index in [2.05, 4.69) is 10.1 Å². The van der Waals surface area contributed by atoms with Crippen LogP contribution < -0.4 is 5.32 Å². The van der Waals surface area contributed by atoms with Crippen molar-refractivity contribution in [3.63, 3.8) is 0 Å².